The van der Waals surface area contributed by atoms with Crippen LogP contribution in [0.3, 0.4) is 0 Å². The van der Waals surface area contributed by atoms with Crippen molar-refractivity contribution < 1.29 is 9.53 Å². The number of carbonyl (C=O) groups is 1. The second-order valence-corrected chi connectivity index (χ2v) is 6.96. The van der Waals surface area contributed by atoms with Gasteiger partial charge in [-0.05, 0) is 54.7 Å². The smallest absolute Gasteiger partial charge is 0.272 e. The maximum atomic E-state index is 13.0. The number of hydrogen-bond donors (Lipinski definition) is 0. The van der Waals surface area contributed by atoms with Crippen molar-refractivity contribution in [2.24, 2.45) is 0 Å². The van der Waals surface area contributed by atoms with Crippen molar-refractivity contribution in [3.05, 3.63) is 58.4 Å². The molecule has 5 heteroatoms. The predicted octanol–water partition coefficient (Wildman–Crippen LogP) is 2.96. The number of nitriles is 1. The van der Waals surface area contributed by atoms with Crippen molar-refractivity contribution in [2.75, 3.05) is 13.7 Å². The molecule has 2 aliphatic rings. The van der Waals surface area contributed by atoms with E-state index in [-0.39, 0.29) is 11.3 Å². The van der Waals surface area contributed by atoms with E-state index in [1.165, 1.54) is 17.3 Å². The molecule has 4 rings (SSSR count). The van der Waals surface area contributed by atoms with Crippen molar-refractivity contribution in [2.45, 2.75) is 31.7 Å². The molecule has 126 valence electrons. The minimum Gasteiger partial charge on any atom is -0.497 e. The summed E-state index contributed by atoms with van der Waals surface area (Å²) in [6, 6.07) is 9.93. The lowest BCUT2D eigenvalue weighted by molar-refractivity contribution is 0.0703. The van der Waals surface area contributed by atoms with Crippen LogP contribution in [0.1, 0.15) is 45.6 Å². The minimum absolute atomic E-state index is 0.0689. The summed E-state index contributed by atoms with van der Waals surface area (Å²) in [4.78, 5) is 19.0. The lowest BCUT2D eigenvalue weighted by Crippen LogP contribution is -2.42. The second kappa shape index (κ2) is 5.59. The van der Waals surface area contributed by atoms with Gasteiger partial charge in [0.2, 0.25) is 0 Å². The molecular formula is C20H19N3O2. The summed E-state index contributed by atoms with van der Waals surface area (Å²) in [5.41, 5.74) is 4.27. The van der Waals surface area contributed by atoms with Gasteiger partial charge < -0.3 is 9.64 Å². The topological polar surface area (TPSA) is 66.2 Å². The number of aryl methyl sites for hydroxylation is 1. The molecule has 0 bridgehead atoms. The number of fused-ring (bicyclic) bond motifs is 2. The Morgan fingerprint density at radius 2 is 2.16 bits per heavy atom. The van der Waals surface area contributed by atoms with E-state index in [1.54, 1.807) is 13.2 Å². The molecule has 1 aliphatic heterocycles. The Kier molecular flexibility index (Phi) is 3.50. The molecule has 0 saturated heterocycles. The van der Waals surface area contributed by atoms with E-state index in [0.717, 1.165) is 24.2 Å². The summed E-state index contributed by atoms with van der Waals surface area (Å²) in [5, 5.41) is 9.03. The van der Waals surface area contributed by atoms with Crippen LogP contribution >= 0.6 is 0 Å². The molecule has 0 unspecified atom stereocenters. The van der Waals surface area contributed by atoms with Gasteiger partial charge in [-0.1, -0.05) is 6.07 Å². The number of pyridine rings is 1. The molecule has 1 aliphatic carbocycles. The number of hydrogen-bond acceptors (Lipinski definition) is 4. The summed E-state index contributed by atoms with van der Waals surface area (Å²) in [7, 11) is 1.68. The van der Waals surface area contributed by atoms with Gasteiger partial charge in [0.15, 0.2) is 0 Å². The Bertz CT molecular complexity index is 910. The van der Waals surface area contributed by atoms with Crippen LogP contribution in [0.25, 0.3) is 0 Å². The predicted molar refractivity (Wildman–Crippen MR) is 92.3 cm³/mol. The SMILES string of the molecule is COc1ccc2c(c1)C1(CC1)CN(C(=O)c1cc(C)c(C#N)cn1)C2. The van der Waals surface area contributed by atoms with Crippen molar-refractivity contribution >= 4 is 5.91 Å². The third kappa shape index (κ3) is 2.54. The van der Waals surface area contributed by atoms with Crippen LogP contribution in [-0.2, 0) is 12.0 Å². The first-order valence-corrected chi connectivity index (χ1v) is 8.40. The minimum atomic E-state index is -0.0691. The normalized spacial score (nSPS) is 16.9. The molecule has 1 aromatic carbocycles. The Balaban J connectivity index is 1.65. The summed E-state index contributed by atoms with van der Waals surface area (Å²) in [6.45, 7) is 3.13. The van der Waals surface area contributed by atoms with Gasteiger partial charge in [0, 0.05) is 24.7 Å². The molecule has 1 spiro atoms. The Labute approximate surface area is 146 Å². The zero-order chi connectivity index (χ0) is 17.6. The number of benzene rings is 1. The monoisotopic (exact) mass is 333 g/mol. The van der Waals surface area contributed by atoms with Crippen LogP contribution in [-0.4, -0.2) is 29.4 Å². The first-order valence-electron chi connectivity index (χ1n) is 8.40. The first-order chi connectivity index (χ1) is 12.1. The third-order valence-electron chi connectivity index (χ3n) is 5.33. The van der Waals surface area contributed by atoms with Crippen molar-refractivity contribution in [1.82, 2.24) is 9.88 Å². The summed E-state index contributed by atoms with van der Waals surface area (Å²) in [5.74, 6) is 0.800. The van der Waals surface area contributed by atoms with Gasteiger partial charge >= 0.3 is 0 Å². The van der Waals surface area contributed by atoms with Gasteiger partial charge in [0.1, 0.15) is 17.5 Å². The van der Waals surface area contributed by atoms with Gasteiger partial charge in [0.05, 0.1) is 12.7 Å². The lowest BCUT2D eigenvalue weighted by Gasteiger charge is -2.35. The highest BCUT2D eigenvalue weighted by Gasteiger charge is 2.50. The molecule has 1 amide bonds. The molecule has 2 heterocycles. The van der Waals surface area contributed by atoms with Crippen LogP contribution in [0.5, 0.6) is 5.75 Å². The third-order valence-corrected chi connectivity index (χ3v) is 5.33. The zero-order valence-corrected chi connectivity index (χ0v) is 14.4. The molecule has 0 atom stereocenters. The van der Waals surface area contributed by atoms with E-state index < -0.39 is 0 Å². The Morgan fingerprint density at radius 1 is 1.36 bits per heavy atom. The van der Waals surface area contributed by atoms with Gasteiger partial charge in [-0.3, -0.25) is 4.79 Å². The quantitative estimate of drug-likeness (QED) is 0.847. The molecule has 0 radical (unpaired) electrons. The van der Waals surface area contributed by atoms with E-state index in [2.05, 4.69) is 23.2 Å². The van der Waals surface area contributed by atoms with Crippen molar-refractivity contribution in [3.8, 4) is 11.8 Å². The van der Waals surface area contributed by atoms with Gasteiger partial charge in [0.25, 0.3) is 5.91 Å². The molecule has 5 nitrogen and oxygen atoms in total. The van der Waals surface area contributed by atoms with E-state index in [1.807, 2.05) is 17.9 Å². The average Bonchev–Trinajstić information content (AvgIpc) is 3.40. The van der Waals surface area contributed by atoms with Crippen molar-refractivity contribution in [1.29, 1.82) is 5.26 Å². The molecule has 0 N–H and O–H groups in total. The van der Waals surface area contributed by atoms with E-state index in [0.29, 0.717) is 24.3 Å². The highest BCUT2D eigenvalue weighted by atomic mass is 16.5. The molecule has 1 fully saturated rings. The number of rotatable bonds is 2. The Hall–Kier alpha value is -2.87. The number of nitrogens with zero attached hydrogens (tertiary/aromatic N) is 3. The highest BCUT2D eigenvalue weighted by molar-refractivity contribution is 5.93. The van der Waals surface area contributed by atoms with Gasteiger partial charge in [-0.25, -0.2) is 4.98 Å². The maximum absolute atomic E-state index is 13.0. The maximum Gasteiger partial charge on any atom is 0.272 e. The molecular weight excluding hydrogens is 314 g/mol. The molecule has 1 saturated carbocycles. The molecule has 2 aromatic rings. The molecule has 1 aromatic heterocycles. The van der Waals surface area contributed by atoms with Crippen LogP contribution in [0, 0.1) is 18.3 Å². The Morgan fingerprint density at radius 3 is 2.80 bits per heavy atom. The number of methoxy groups -OCH3 is 1. The fourth-order valence-electron chi connectivity index (χ4n) is 3.70. The van der Waals surface area contributed by atoms with Crippen LogP contribution in [0.4, 0.5) is 0 Å². The number of amides is 1. The summed E-state index contributed by atoms with van der Waals surface area (Å²) in [6.07, 6.45) is 3.67. The summed E-state index contributed by atoms with van der Waals surface area (Å²) >= 11 is 0. The summed E-state index contributed by atoms with van der Waals surface area (Å²) < 4.78 is 5.36. The van der Waals surface area contributed by atoms with Gasteiger partial charge in [-0.2, -0.15) is 5.26 Å². The fraction of sp³-hybridized carbons (Fsp3) is 0.350. The van der Waals surface area contributed by atoms with Crippen LogP contribution < -0.4 is 4.74 Å². The standard InChI is InChI=1S/C20H19N3O2/c1-13-7-18(22-10-15(13)9-21)19(24)23-11-14-3-4-16(25-2)8-17(14)20(12-23)5-6-20/h3-4,7-8,10H,5-6,11-12H2,1-2H3. The second-order valence-electron chi connectivity index (χ2n) is 6.96. The number of carbonyl (C=O) groups excluding carboxylic acids is 1. The van der Waals surface area contributed by atoms with Crippen LogP contribution in [0.15, 0.2) is 30.5 Å². The first kappa shape index (κ1) is 15.6. The van der Waals surface area contributed by atoms with E-state index >= 15 is 0 Å². The van der Waals surface area contributed by atoms with Crippen LogP contribution in [0.2, 0.25) is 0 Å². The average molecular weight is 333 g/mol. The fourth-order valence-corrected chi connectivity index (χ4v) is 3.70. The van der Waals surface area contributed by atoms with E-state index in [9.17, 15) is 4.79 Å². The highest BCUT2D eigenvalue weighted by Crippen LogP contribution is 2.53. The number of ether oxygens (including phenoxy) is 1. The van der Waals surface area contributed by atoms with Crippen molar-refractivity contribution in [3.63, 3.8) is 0 Å². The lowest BCUT2D eigenvalue weighted by atomic mass is 9.86. The zero-order valence-electron chi connectivity index (χ0n) is 14.4. The number of aromatic nitrogens is 1. The largest absolute Gasteiger partial charge is 0.497 e. The molecule has 25 heavy (non-hydrogen) atoms. The van der Waals surface area contributed by atoms with E-state index in [4.69, 9.17) is 10.00 Å². The van der Waals surface area contributed by atoms with Gasteiger partial charge in [-0.15, -0.1) is 0 Å².